The lowest BCUT2D eigenvalue weighted by Crippen LogP contribution is -2.18. The molecule has 0 aliphatic heterocycles. The minimum absolute atomic E-state index is 0.562. The van der Waals surface area contributed by atoms with Gasteiger partial charge < -0.3 is 4.90 Å². The molecule has 0 saturated heterocycles. The second kappa shape index (κ2) is 5.94. The molecule has 0 atom stereocenters. The maximum Gasteiger partial charge on any atom is 0.0363 e. The van der Waals surface area contributed by atoms with Gasteiger partial charge >= 0.3 is 0 Å². The molecule has 80 valence electrons. The first-order valence-corrected chi connectivity index (χ1v) is 5.02. The number of hydrogen-bond acceptors (Lipinski definition) is 2. The Labute approximate surface area is 90.1 Å². The Balaban J connectivity index is 2.42. The summed E-state index contributed by atoms with van der Waals surface area (Å²) in [6.45, 7) is 3.54. The number of anilines is 1. The van der Waals surface area contributed by atoms with E-state index >= 15 is 0 Å². The molecule has 1 rings (SSSR count). The van der Waals surface area contributed by atoms with Crippen molar-refractivity contribution in [2.24, 2.45) is 5.11 Å². The van der Waals surface area contributed by atoms with Crippen LogP contribution in [-0.2, 0) is 0 Å². The van der Waals surface area contributed by atoms with E-state index in [0.717, 1.165) is 13.0 Å². The van der Waals surface area contributed by atoms with Crippen molar-refractivity contribution < 1.29 is 0 Å². The second-order valence-electron chi connectivity index (χ2n) is 3.57. The predicted molar refractivity (Wildman–Crippen MR) is 63.1 cm³/mol. The topological polar surface area (TPSA) is 52.0 Å². The molecule has 1 aromatic rings. The minimum atomic E-state index is 0.562. The smallest absolute Gasteiger partial charge is 0.0363 e. The molecule has 0 heterocycles. The van der Waals surface area contributed by atoms with E-state index in [0.29, 0.717) is 6.54 Å². The fraction of sp³-hybridized carbons (Fsp3) is 0.455. The van der Waals surface area contributed by atoms with Gasteiger partial charge in [-0.05, 0) is 31.0 Å². The molecular weight excluding hydrogens is 188 g/mol. The molecule has 1 aromatic carbocycles. The molecule has 0 fully saturated rings. The highest BCUT2D eigenvalue weighted by molar-refractivity contribution is 5.46. The van der Waals surface area contributed by atoms with E-state index < -0.39 is 0 Å². The molecule has 0 aliphatic carbocycles. The van der Waals surface area contributed by atoms with Gasteiger partial charge in [-0.2, -0.15) is 0 Å². The van der Waals surface area contributed by atoms with E-state index in [4.69, 9.17) is 5.53 Å². The normalized spacial score (nSPS) is 9.47. The molecule has 0 bridgehead atoms. The number of azide groups is 1. The molecule has 4 nitrogen and oxygen atoms in total. The van der Waals surface area contributed by atoms with E-state index in [-0.39, 0.29) is 0 Å². The van der Waals surface area contributed by atoms with Gasteiger partial charge in [-0.3, -0.25) is 0 Å². The third-order valence-corrected chi connectivity index (χ3v) is 2.29. The third-order valence-electron chi connectivity index (χ3n) is 2.29. The van der Waals surface area contributed by atoms with Crippen LogP contribution in [0.5, 0.6) is 0 Å². The minimum Gasteiger partial charge on any atom is -0.375 e. The van der Waals surface area contributed by atoms with Crippen molar-refractivity contribution in [2.45, 2.75) is 13.3 Å². The van der Waals surface area contributed by atoms with Crippen molar-refractivity contribution >= 4 is 5.69 Å². The van der Waals surface area contributed by atoms with E-state index in [9.17, 15) is 0 Å². The highest BCUT2D eigenvalue weighted by Gasteiger charge is 1.98. The highest BCUT2D eigenvalue weighted by Crippen LogP contribution is 2.13. The van der Waals surface area contributed by atoms with Gasteiger partial charge in [0.15, 0.2) is 0 Å². The van der Waals surface area contributed by atoms with Crippen LogP contribution in [0.4, 0.5) is 5.69 Å². The number of rotatable bonds is 5. The Kier molecular flexibility index (Phi) is 4.51. The lowest BCUT2D eigenvalue weighted by molar-refractivity contribution is 0.792. The number of nitrogens with zero attached hydrogens (tertiary/aromatic N) is 4. The Morgan fingerprint density at radius 1 is 1.33 bits per heavy atom. The summed E-state index contributed by atoms with van der Waals surface area (Å²) in [5.74, 6) is 0. The molecule has 0 aromatic heterocycles. The SMILES string of the molecule is Cc1ccc(N(C)CCCN=[N+]=[N-])cc1. The standard InChI is InChI=1S/C11H16N4/c1-10-4-6-11(7-5-10)15(2)9-3-8-13-14-12/h4-7H,3,8-9H2,1-2H3. The molecule has 15 heavy (non-hydrogen) atoms. The third kappa shape index (κ3) is 3.92. The van der Waals surface area contributed by atoms with Gasteiger partial charge in [-0.15, -0.1) is 0 Å². The van der Waals surface area contributed by atoms with Crippen LogP contribution in [0.1, 0.15) is 12.0 Å². The number of hydrogen-bond donors (Lipinski definition) is 0. The average Bonchev–Trinajstić information content (AvgIpc) is 2.25. The van der Waals surface area contributed by atoms with Gasteiger partial charge in [0.05, 0.1) is 0 Å². The van der Waals surface area contributed by atoms with Crippen LogP contribution in [0.2, 0.25) is 0 Å². The van der Waals surface area contributed by atoms with Crippen LogP contribution >= 0.6 is 0 Å². The summed E-state index contributed by atoms with van der Waals surface area (Å²) < 4.78 is 0. The zero-order valence-corrected chi connectivity index (χ0v) is 9.22. The quantitative estimate of drug-likeness (QED) is 0.314. The zero-order valence-electron chi connectivity index (χ0n) is 9.22. The van der Waals surface area contributed by atoms with E-state index in [1.165, 1.54) is 11.3 Å². The molecule has 0 N–H and O–H groups in total. The highest BCUT2D eigenvalue weighted by atomic mass is 15.1. The molecule has 0 radical (unpaired) electrons. The van der Waals surface area contributed by atoms with Gasteiger partial charge in [0.2, 0.25) is 0 Å². The van der Waals surface area contributed by atoms with Crippen molar-refractivity contribution in [2.75, 3.05) is 25.0 Å². The van der Waals surface area contributed by atoms with E-state index in [2.05, 4.69) is 46.1 Å². The molecule has 0 aliphatic rings. The second-order valence-corrected chi connectivity index (χ2v) is 3.57. The summed E-state index contributed by atoms with van der Waals surface area (Å²) in [7, 11) is 2.04. The number of benzene rings is 1. The maximum atomic E-state index is 8.12. The Bertz CT molecular complexity index is 338. The van der Waals surface area contributed by atoms with Gasteiger partial charge in [-0.25, -0.2) is 0 Å². The Morgan fingerprint density at radius 2 is 2.00 bits per heavy atom. The van der Waals surface area contributed by atoms with Crippen LogP contribution < -0.4 is 4.90 Å². The van der Waals surface area contributed by atoms with Gasteiger partial charge in [0.1, 0.15) is 0 Å². The Hall–Kier alpha value is -1.67. The largest absolute Gasteiger partial charge is 0.375 e. The summed E-state index contributed by atoms with van der Waals surface area (Å²) in [4.78, 5) is 4.88. The molecule has 0 unspecified atom stereocenters. The number of aryl methyl sites for hydroxylation is 1. The van der Waals surface area contributed by atoms with Crippen molar-refractivity contribution in [3.8, 4) is 0 Å². The van der Waals surface area contributed by atoms with Gasteiger partial charge in [0, 0.05) is 30.7 Å². The fourth-order valence-electron chi connectivity index (χ4n) is 1.35. The summed E-state index contributed by atoms with van der Waals surface area (Å²) >= 11 is 0. The molecule has 0 saturated carbocycles. The first kappa shape index (κ1) is 11.4. The molecule has 0 amide bonds. The van der Waals surface area contributed by atoms with E-state index in [1.807, 2.05) is 7.05 Å². The summed E-state index contributed by atoms with van der Waals surface area (Å²) in [6, 6.07) is 8.39. The lowest BCUT2D eigenvalue weighted by Gasteiger charge is -2.18. The first-order valence-electron chi connectivity index (χ1n) is 5.02. The van der Waals surface area contributed by atoms with Crippen molar-refractivity contribution in [1.82, 2.24) is 0 Å². The fourth-order valence-corrected chi connectivity index (χ4v) is 1.35. The van der Waals surface area contributed by atoms with Crippen LogP contribution in [0.25, 0.3) is 10.4 Å². The van der Waals surface area contributed by atoms with Crippen molar-refractivity contribution in [3.05, 3.63) is 40.3 Å². The zero-order chi connectivity index (χ0) is 11.1. The molecule has 0 spiro atoms. The van der Waals surface area contributed by atoms with Crippen LogP contribution in [-0.4, -0.2) is 20.1 Å². The monoisotopic (exact) mass is 204 g/mol. The summed E-state index contributed by atoms with van der Waals surface area (Å²) in [6.07, 6.45) is 0.883. The lowest BCUT2D eigenvalue weighted by atomic mass is 10.2. The molecular formula is C11H16N4. The van der Waals surface area contributed by atoms with Gasteiger partial charge in [-0.1, -0.05) is 22.8 Å². The van der Waals surface area contributed by atoms with E-state index in [1.54, 1.807) is 0 Å². The average molecular weight is 204 g/mol. The van der Waals surface area contributed by atoms with Crippen LogP contribution in [0.3, 0.4) is 0 Å². The molecule has 4 heteroatoms. The summed E-state index contributed by atoms with van der Waals surface area (Å²) in [5, 5.41) is 3.51. The first-order chi connectivity index (χ1) is 7.24. The maximum absolute atomic E-state index is 8.12. The van der Waals surface area contributed by atoms with Crippen LogP contribution in [0, 0.1) is 6.92 Å². The summed E-state index contributed by atoms with van der Waals surface area (Å²) in [5.41, 5.74) is 10.6. The van der Waals surface area contributed by atoms with Crippen molar-refractivity contribution in [1.29, 1.82) is 0 Å². The van der Waals surface area contributed by atoms with Crippen molar-refractivity contribution in [3.63, 3.8) is 0 Å². The Morgan fingerprint density at radius 3 is 2.60 bits per heavy atom. The van der Waals surface area contributed by atoms with Crippen LogP contribution in [0.15, 0.2) is 29.4 Å². The predicted octanol–water partition coefficient (Wildman–Crippen LogP) is 3.13. The van der Waals surface area contributed by atoms with Gasteiger partial charge in [0.25, 0.3) is 0 Å².